The molecule has 0 aromatic carbocycles. The smallest absolute Gasteiger partial charge is 0.279 e. The molecule has 0 amide bonds. The molecule has 1 fully saturated rings. The van der Waals surface area contributed by atoms with Gasteiger partial charge >= 0.3 is 0 Å². The summed E-state index contributed by atoms with van der Waals surface area (Å²) >= 11 is 0. The minimum atomic E-state index is -3.63. The van der Waals surface area contributed by atoms with E-state index in [1.54, 1.807) is 0 Å². The van der Waals surface area contributed by atoms with Gasteiger partial charge in [0.05, 0.1) is 12.3 Å². The number of sulfonamides is 1. The molecule has 0 unspecified atom stereocenters. The van der Waals surface area contributed by atoms with Gasteiger partial charge in [-0.3, -0.25) is 4.84 Å². The largest absolute Gasteiger partial charge is 0.332 e. The molecule has 0 atom stereocenters. The summed E-state index contributed by atoms with van der Waals surface area (Å²) < 4.78 is 23.6. The molecule has 1 aliphatic rings. The van der Waals surface area contributed by atoms with E-state index in [0.29, 0.717) is 12.2 Å². The van der Waals surface area contributed by atoms with E-state index in [1.807, 2.05) is 6.92 Å². The summed E-state index contributed by atoms with van der Waals surface area (Å²) in [5.74, 6) is 0.645. The minimum absolute atomic E-state index is 0.00154. The third-order valence-electron chi connectivity index (χ3n) is 2.86. The third kappa shape index (κ3) is 3.05. The molecule has 2 rings (SSSR count). The summed E-state index contributed by atoms with van der Waals surface area (Å²) in [7, 11) is -3.63. The average molecular weight is 259 g/mol. The van der Waals surface area contributed by atoms with Gasteiger partial charge < -0.3 is 4.98 Å². The number of hydrogen-bond acceptors (Lipinski definition) is 4. The lowest BCUT2D eigenvalue weighted by atomic mass is 10.3. The van der Waals surface area contributed by atoms with E-state index in [-0.39, 0.29) is 11.1 Å². The van der Waals surface area contributed by atoms with Crippen molar-refractivity contribution in [2.24, 2.45) is 0 Å². The zero-order valence-corrected chi connectivity index (χ0v) is 10.6. The number of aromatic amines is 1. The van der Waals surface area contributed by atoms with Gasteiger partial charge in [0.2, 0.25) is 0 Å². The highest BCUT2D eigenvalue weighted by molar-refractivity contribution is 7.89. The summed E-state index contributed by atoms with van der Waals surface area (Å²) in [6.45, 7) is 1.90. The molecular formula is C10H17N3O3S. The van der Waals surface area contributed by atoms with Crippen molar-refractivity contribution in [2.45, 2.75) is 50.2 Å². The molecule has 6 nitrogen and oxygen atoms in total. The molecule has 0 aliphatic heterocycles. The highest BCUT2D eigenvalue weighted by atomic mass is 32.2. The molecule has 7 heteroatoms. The Hall–Kier alpha value is -0.920. The van der Waals surface area contributed by atoms with E-state index in [0.717, 1.165) is 25.7 Å². The van der Waals surface area contributed by atoms with Gasteiger partial charge in [0.25, 0.3) is 10.0 Å². The number of H-pyrrole nitrogens is 1. The van der Waals surface area contributed by atoms with Crippen LogP contribution in [0.2, 0.25) is 0 Å². The Morgan fingerprint density at radius 3 is 2.82 bits per heavy atom. The SMILES string of the molecule is CCc1ncc(S(=O)(=O)NOC2CCCC2)[nH]1. The standard InChI is InChI=1S/C10H17N3O3S/c1-2-9-11-7-10(12-9)17(14,15)13-16-8-5-3-4-6-8/h7-8,13H,2-6H2,1H3,(H,11,12). The normalized spacial score (nSPS) is 17.7. The Morgan fingerprint density at radius 1 is 1.53 bits per heavy atom. The number of nitrogens with one attached hydrogen (secondary N) is 2. The van der Waals surface area contributed by atoms with E-state index in [2.05, 4.69) is 14.9 Å². The average Bonchev–Trinajstić information content (AvgIpc) is 2.98. The maximum absolute atomic E-state index is 11.8. The quantitative estimate of drug-likeness (QED) is 0.776. The third-order valence-corrected chi connectivity index (χ3v) is 3.96. The molecule has 2 N–H and O–H groups in total. The first-order valence-corrected chi connectivity index (χ1v) is 7.31. The molecule has 1 heterocycles. The first-order chi connectivity index (χ1) is 8.12. The lowest BCUT2D eigenvalue weighted by Crippen LogP contribution is -2.28. The Morgan fingerprint density at radius 2 is 2.24 bits per heavy atom. The molecule has 0 spiro atoms. The molecule has 17 heavy (non-hydrogen) atoms. The van der Waals surface area contributed by atoms with Gasteiger partial charge in [-0.05, 0) is 12.8 Å². The summed E-state index contributed by atoms with van der Waals surface area (Å²) in [4.78, 5) is 14.0. The van der Waals surface area contributed by atoms with Gasteiger partial charge in [-0.15, -0.1) is 0 Å². The minimum Gasteiger partial charge on any atom is -0.332 e. The number of rotatable bonds is 5. The van der Waals surface area contributed by atoms with Crippen LogP contribution in [0.25, 0.3) is 0 Å². The molecule has 0 saturated heterocycles. The van der Waals surface area contributed by atoms with Crippen LogP contribution < -0.4 is 4.89 Å². The predicted octanol–water partition coefficient (Wildman–Crippen LogP) is 1.12. The van der Waals surface area contributed by atoms with Crippen LogP contribution in [0.4, 0.5) is 0 Å². The van der Waals surface area contributed by atoms with Gasteiger partial charge in [-0.25, -0.2) is 13.4 Å². The molecule has 1 aromatic heterocycles. The number of imidazole rings is 1. The first-order valence-electron chi connectivity index (χ1n) is 5.83. The second-order valence-electron chi connectivity index (χ2n) is 4.16. The molecule has 1 aliphatic carbocycles. The molecule has 1 aromatic rings. The number of aromatic nitrogens is 2. The maximum Gasteiger partial charge on any atom is 0.279 e. The van der Waals surface area contributed by atoms with Crippen LogP contribution in [0, 0.1) is 0 Å². The fourth-order valence-electron chi connectivity index (χ4n) is 1.84. The van der Waals surface area contributed by atoms with Crippen LogP contribution in [-0.4, -0.2) is 24.5 Å². The highest BCUT2D eigenvalue weighted by Crippen LogP contribution is 2.20. The summed E-state index contributed by atoms with van der Waals surface area (Å²) in [5.41, 5.74) is 0. The van der Waals surface area contributed by atoms with E-state index >= 15 is 0 Å². The fraction of sp³-hybridized carbons (Fsp3) is 0.700. The van der Waals surface area contributed by atoms with Gasteiger partial charge in [-0.1, -0.05) is 24.7 Å². The van der Waals surface area contributed by atoms with Crippen molar-refractivity contribution >= 4 is 10.0 Å². The van der Waals surface area contributed by atoms with Crippen LogP contribution in [0.1, 0.15) is 38.4 Å². The van der Waals surface area contributed by atoms with Crippen LogP contribution in [0.15, 0.2) is 11.2 Å². The second kappa shape index (κ2) is 5.16. The Balaban J connectivity index is 1.97. The molecular weight excluding hydrogens is 242 g/mol. The van der Waals surface area contributed by atoms with E-state index < -0.39 is 10.0 Å². The Labute approximate surface area is 101 Å². The second-order valence-corrected chi connectivity index (χ2v) is 5.77. The summed E-state index contributed by atoms with van der Waals surface area (Å²) in [6, 6.07) is 0. The molecule has 0 radical (unpaired) electrons. The lowest BCUT2D eigenvalue weighted by Gasteiger charge is -2.10. The van der Waals surface area contributed by atoms with Crippen molar-refractivity contribution < 1.29 is 13.3 Å². The van der Waals surface area contributed by atoms with Gasteiger partial charge in [0.15, 0.2) is 5.03 Å². The molecule has 96 valence electrons. The van der Waals surface area contributed by atoms with Gasteiger partial charge in [-0.2, -0.15) is 0 Å². The van der Waals surface area contributed by atoms with Crippen molar-refractivity contribution in [2.75, 3.05) is 0 Å². The monoisotopic (exact) mass is 259 g/mol. The van der Waals surface area contributed by atoms with Crippen LogP contribution in [-0.2, 0) is 21.3 Å². The maximum atomic E-state index is 11.8. The van der Waals surface area contributed by atoms with Crippen molar-refractivity contribution in [3.05, 3.63) is 12.0 Å². The van der Waals surface area contributed by atoms with E-state index in [9.17, 15) is 8.42 Å². The molecule has 1 saturated carbocycles. The fourth-order valence-corrected chi connectivity index (χ4v) is 2.64. The number of aryl methyl sites for hydroxylation is 1. The van der Waals surface area contributed by atoms with E-state index in [1.165, 1.54) is 6.20 Å². The van der Waals surface area contributed by atoms with Gasteiger partial charge in [0, 0.05) is 6.42 Å². The number of nitrogens with zero attached hydrogens (tertiary/aromatic N) is 1. The van der Waals surface area contributed by atoms with E-state index in [4.69, 9.17) is 4.84 Å². The number of hydrogen-bond donors (Lipinski definition) is 2. The predicted molar refractivity (Wildman–Crippen MR) is 61.6 cm³/mol. The molecule has 0 bridgehead atoms. The summed E-state index contributed by atoms with van der Waals surface area (Å²) in [5, 5.41) is 0.0485. The van der Waals surface area contributed by atoms with Gasteiger partial charge in [0.1, 0.15) is 5.82 Å². The van der Waals surface area contributed by atoms with Crippen LogP contribution in [0.5, 0.6) is 0 Å². The zero-order valence-electron chi connectivity index (χ0n) is 9.77. The lowest BCUT2D eigenvalue weighted by molar-refractivity contribution is 0.0222. The Bertz CT molecular complexity index is 463. The Kier molecular flexibility index (Phi) is 3.80. The van der Waals surface area contributed by atoms with Crippen LogP contribution in [0.3, 0.4) is 0 Å². The van der Waals surface area contributed by atoms with Crippen molar-refractivity contribution in [1.29, 1.82) is 0 Å². The zero-order chi connectivity index (χ0) is 12.3. The topological polar surface area (TPSA) is 84.1 Å². The van der Waals surface area contributed by atoms with Crippen molar-refractivity contribution in [3.8, 4) is 0 Å². The summed E-state index contributed by atoms with van der Waals surface area (Å²) in [6.07, 6.45) is 5.97. The first kappa shape index (κ1) is 12.5. The van der Waals surface area contributed by atoms with Crippen molar-refractivity contribution in [3.63, 3.8) is 0 Å². The highest BCUT2D eigenvalue weighted by Gasteiger charge is 2.21. The van der Waals surface area contributed by atoms with Crippen molar-refractivity contribution in [1.82, 2.24) is 14.9 Å². The van der Waals surface area contributed by atoms with Crippen LogP contribution >= 0.6 is 0 Å².